The van der Waals surface area contributed by atoms with E-state index in [1.54, 1.807) is 7.11 Å². The summed E-state index contributed by atoms with van der Waals surface area (Å²) in [6.07, 6.45) is -0.457. The van der Waals surface area contributed by atoms with Crippen molar-refractivity contribution < 1.29 is 19.1 Å². The summed E-state index contributed by atoms with van der Waals surface area (Å²) in [5, 5.41) is 15.3. The second kappa shape index (κ2) is 12.9. The number of aliphatic hydroxyl groups excluding tert-OH is 1. The standard InChI is InChI=1S/C24H38N4O4/c1-4-28(5-2)24-22(23(25-32-24)20-9-7-6-8-10-20)19-27(11-14-30-3)18-21(29)17-26-12-15-31-16-13-26/h6-10,21,29H,4-5,11-19H2,1-3H3/t21-/m0/s1. The molecule has 0 saturated carbocycles. The predicted octanol–water partition coefficient (Wildman–Crippen LogP) is 2.33. The lowest BCUT2D eigenvalue weighted by molar-refractivity contribution is 0.00439. The summed E-state index contributed by atoms with van der Waals surface area (Å²) in [7, 11) is 1.71. The molecule has 0 radical (unpaired) electrons. The third-order valence-electron chi connectivity index (χ3n) is 5.90. The van der Waals surface area contributed by atoms with Gasteiger partial charge in [0.05, 0.1) is 31.5 Å². The van der Waals surface area contributed by atoms with Gasteiger partial charge in [-0.2, -0.15) is 0 Å². The van der Waals surface area contributed by atoms with E-state index in [1.165, 1.54) is 0 Å². The van der Waals surface area contributed by atoms with E-state index in [9.17, 15) is 5.11 Å². The van der Waals surface area contributed by atoms with Crippen LogP contribution in [0, 0.1) is 0 Å². The number of aliphatic hydroxyl groups is 1. The molecule has 1 aromatic heterocycles. The SMILES string of the molecule is CCN(CC)c1onc(-c2ccccc2)c1CN(CCOC)C[C@@H](O)CN1CCOCC1. The van der Waals surface area contributed by atoms with Crippen LogP contribution in [0.25, 0.3) is 11.3 Å². The number of methoxy groups -OCH3 is 1. The number of anilines is 1. The molecule has 1 aliphatic heterocycles. The van der Waals surface area contributed by atoms with Gasteiger partial charge in [-0.1, -0.05) is 35.5 Å². The Bertz CT molecular complexity index is 776. The van der Waals surface area contributed by atoms with Crippen molar-refractivity contribution in [3.05, 3.63) is 35.9 Å². The Balaban J connectivity index is 1.81. The van der Waals surface area contributed by atoms with E-state index in [0.717, 1.165) is 62.1 Å². The lowest BCUT2D eigenvalue weighted by Crippen LogP contribution is -2.45. The van der Waals surface area contributed by atoms with E-state index in [0.29, 0.717) is 32.8 Å². The summed E-state index contributed by atoms with van der Waals surface area (Å²) in [5.74, 6) is 0.805. The molecule has 2 heterocycles. The number of nitrogens with zero attached hydrogens (tertiary/aromatic N) is 4. The largest absolute Gasteiger partial charge is 0.390 e. The van der Waals surface area contributed by atoms with E-state index in [-0.39, 0.29) is 0 Å². The highest BCUT2D eigenvalue weighted by atomic mass is 16.5. The smallest absolute Gasteiger partial charge is 0.232 e. The Kier molecular flexibility index (Phi) is 9.95. The van der Waals surface area contributed by atoms with Crippen molar-refractivity contribution in [2.75, 3.05) is 77.6 Å². The van der Waals surface area contributed by atoms with Gasteiger partial charge in [-0.25, -0.2) is 0 Å². The number of benzene rings is 1. The molecule has 0 unspecified atom stereocenters. The molecule has 0 bridgehead atoms. The normalized spacial score (nSPS) is 15.9. The van der Waals surface area contributed by atoms with Crippen molar-refractivity contribution in [3.63, 3.8) is 0 Å². The number of hydrogen-bond acceptors (Lipinski definition) is 8. The van der Waals surface area contributed by atoms with Crippen molar-refractivity contribution in [1.82, 2.24) is 15.0 Å². The molecule has 1 atom stereocenters. The number of β-amino-alcohol motifs (C(OH)–C–C–N with tert-alkyl or cyclic N) is 1. The third-order valence-corrected chi connectivity index (χ3v) is 5.90. The highest BCUT2D eigenvalue weighted by Gasteiger charge is 2.25. The quantitative estimate of drug-likeness (QED) is 0.503. The van der Waals surface area contributed by atoms with Gasteiger partial charge in [0.25, 0.3) is 0 Å². The Morgan fingerprint density at radius 1 is 1.16 bits per heavy atom. The van der Waals surface area contributed by atoms with Gasteiger partial charge in [0.15, 0.2) is 0 Å². The molecule has 1 N–H and O–H groups in total. The van der Waals surface area contributed by atoms with E-state index in [2.05, 4.69) is 45.8 Å². The molecule has 2 aromatic rings. The molecule has 1 aliphatic rings. The molecule has 1 aromatic carbocycles. The first-order valence-corrected chi connectivity index (χ1v) is 11.6. The summed E-state index contributed by atoms with van der Waals surface area (Å²) < 4.78 is 16.6. The molecule has 3 rings (SSSR count). The fourth-order valence-corrected chi connectivity index (χ4v) is 4.14. The van der Waals surface area contributed by atoms with Gasteiger partial charge in [0, 0.05) is 65.0 Å². The maximum absolute atomic E-state index is 10.8. The first-order valence-electron chi connectivity index (χ1n) is 11.6. The zero-order valence-electron chi connectivity index (χ0n) is 19.7. The Labute approximate surface area is 191 Å². The van der Waals surface area contributed by atoms with E-state index in [4.69, 9.17) is 14.0 Å². The summed E-state index contributed by atoms with van der Waals surface area (Å²) in [4.78, 5) is 6.69. The zero-order chi connectivity index (χ0) is 22.8. The molecule has 0 spiro atoms. The molecule has 8 heteroatoms. The molecule has 1 fully saturated rings. The van der Waals surface area contributed by atoms with Crippen LogP contribution in [0.1, 0.15) is 19.4 Å². The number of hydrogen-bond donors (Lipinski definition) is 1. The Morgan fingerprint density at radius 3 is 2.53 bits per heavy atom. The van der Waals surface area contributed by atoms with Crippen LogP contribution in [0.2, 0.25) is 0 Å². The molecule has 1 saturated heterocycles. The second-order valence-electron chi connectivity index (χ2n) is 8.15. The highest BCUT2D eigenvalue weighted by Crippen LogP contribution is 2.32. The lowest BCUT2D eigenvalue weighted by Gasteiger charge is -2.31. The maximum atomic E-state index is 10.8. The molecule has 8 nitrogen and oxygen atoms in total. The van der Waals surface area contributed by atoms with Gasteiger partial charge in [-0.15, -0.1) is 0 Å². The average molecular weight is 447 g/mol. The van der Waals surface area contributed by atoms with Gasteiger partial charge in [-0.3, -0.25) is 9.80 Å². The summed E-state index contributed by atoms with van der Waals surface area (Å²) >= 11 is 0. The summed E-state index contributed by atoms with van der Waals surface area (Å²) in [6.45, 7) is 12.2. The van der Waals surface area contributed by atoms with Gasteiger partial charge in [-0.05, 0) is 13.8 Å². The predicted molar refractivity (Wildman–Crippen MR) is 126 cm³/mol. The van der Waals surface area contributed by atoms with Gasteiger partial charge in [0.2, 0.25) is 5.88 Å². The monoisotopic (exact) mass is 446 g/mol. The number of aromatic nitrogens is 1. The minimum absolute atomic E-state index is 0.457. The third kappa shape index (κ3) is 6.76. The van der Waals surface area contributed by atoms with Crippen molar-refractivity contribution in [3.8, 4) is 11.3 Å². The van der Waals surface area contributed by atoms with Crippen LogP contribution in [-0.4, -0.2) is 98.9 Å². The van der Waals surface area contributed by atoms with Crippen LogP contribution < -0.4 is 4.90 Å². The van der Waals surface area contributed by atoms with E-state index in [1.807, 2.05) is 18.2 Å². The second-order valence-corrected chi connectivity index (χ2v) is 8.15. The van der Waals surface area contributed by atoms with Gasteiger partial charge >= 0.3 is 0 Å². The first-order chi connectivity index (χ1) is 15.7. The van der Waals surface area contributed by atoms with Gasteiger partial charge in [0.1, 0.15) is 5.69 Å². The fourth-order valence-electron chi connectivity index (χ4n) is 4.14. The van der Waals surface area contributed by atoms with E-state index < -0.39 is 6.10 Å². The molecule has 178 valence electrons. The van der Waals surface area contributed by atoms with Gasteiger partial charge < -0.3 is 24.0 Å². The zero-order valence-corrected chi connectivity index (χ0v) is 19.7. The van der Waals surface area contributed by atoms with Crippen LogP contribution in [0.3, 0.4) is 0 Å². The highest BCUT2D eigenvalue weighted by molar-refractivity contribution is 5.68. The van der Waals surface area contributed by atoms with Crippen molar-refractivity contribution in [2.24, 2.45) is 0 Å². The van der Waals surface area contributed by atoms with Crippen LogP contribution in [0.4, 0.5) is 5.88 Å². The van der Waals surface area contributed by atoms with Crippen LogP contribution in [-0.2, 0) is 16.0 Å². The molecule has 32 heavy (non-hydrogen) atoms. The first kappa shape index (κ1) is 24.7. The van der Waals surface area contributed by atoms with Crippen molar-refractivity contribution in [2.45, 2.75) is 26.5 Å². The van der Waals surface area contributed by atoms with Crippen LogP contribution in [0.5, 0.6) is 0 Å². The number of morpholine rings is 1. The lowest BCUT2D eigenvalue weighted by atomic mass is 10.1. The number of ether oxygens (including phenoxy) is 2. The molecular weight excluding hydrogens is 408 g/mol. The average Bonchev–Trinajstić information content (AvgIpc) is 3.22. The molecule has 0 amide bonds. The van der Waals surface area contributed by atoms with Crippen molar-refractivity contribution in [1.29, 1.82) is 0 Å². The summed E-state index contributed by atoms with van der Waals surface area (Å²) in [5.41, 5.74) is 2.94. The fraction of sp³-hybridized carbons (Fsp3) is 0.625. The molecular formula is C24H38N4O4. The topological polar surface area (TPSA) is 74.4 Å². The van der Waals surface area contributed by atoms with Crippen LogP contribution in [0.15, 0.2) is 34.9 Å². The Morgan fingerprint density at radius 2 is 1.88 bits per heavy atom. The minimum atomic E-state index is -0.457. The number of rotatable bonds is 13. The Hall–Kier alpha value is -1.97. The maximum Gasteiger partial charge on any atom is 0.232 e. The van der Waals surface area contributed by atoms with Crippen LogP contribution >= 0.6 is 0 Å². The molecule has 0 aliphatic carbocycles. The van der Waals surface area contributed by atoms with E-state index >= 15 is 0 Å². The van der Waals surface area contributed by atoms with Crippen molar-refractivity contribution >= 4 is 5.88 Å². The summed E-state index contributed by atoms with van der Waals surface area (Å²) in [6, 6.07) is 10.1. The minimum Gasteiger partial charge on any atom is -0.390 e.